The first-order valence-electron chi connectivity index (χ1n) is 5.94. The lowest BCUT2D eigenvalue weighted by Gasteiger charge is -2.04. The predicted molar refractivity (Wildman–Crippen MR) is 65.6 cm³/mol. The number of thioether (sulfide) groups is 1. The van der Waals surface area contributed by atoms with Crippen LogP contribution >= 0.6 is 11.8 Å². The van der Waals surface area contributed by atoms with E-state index >= 15 is 0 Å². The Kier molecular flexibility index (Phi) is 4.23. The zero-order chi connectivity index (χ0) is 11.4. The smallest absolute Gasteiger partial charge is 0.231 e. The largest absolute Gasteiger partial charge is 0.339 e. The van der Waals surface area contributed by atoms with E-state index in [-0.39, 0.29) is 0 Å². The van der Waals surface area contributed by atoms with E-state index in [2.05, 4.69) is 29.3 Å². The van der Waals surface area contributed by atoms with Crippen LogP contribution in [0.2, 0.25) is 0 Å². The first-order valence-corrected chi connectivity index (χ1v) is 6.99. The van der Waals surface area contributed by atoms with Crippen LogP contribution in [0, 0.1) is 0 Å². The average molecular weight is 241 g/mol. The normalized spacial score (nSPS) is 22.5. The highest BCUT2D eigenvalue weighted by Crippen LogP contribution is 2.22. The van der Waals surface area contributed by atoms with E-state index in [0.717, 1.165) is 37.0 Å². The molecule has 1 aromatic heterocycles. The molecule has 2 heterocycles. The van der Waals surface area contributed by atoms with Crippen molar-refractivity contribution in [3.63, 3.8) is 0 Å². The summed E-state index contributed by atoms with van der Waals surface area (Å²) in [5, 5.41) is 8.00. The van der Waals surface area contributed by atoms with Crippen LogP contribution in [-0.4, -0.2) is 28.5 Å². The molecule has 16 heavy (non-hydrogen) atoms. The molecule has 1 saturated heterocycles. The second-order valence-electron chi connectivity index (χ2n) is 4.27. The van der Waals surface area contributed by atoms with Crippen molar-refractivity contribution < 1.29 is 4.52 Å². The first kappa shape index (κ1) is 11.9. The molecular formula is C11H19N3OS. The summed E-state index contributed by atoms with van der Waals surface area (Å²) in [5.41, 5.74) is 0. The van der Waals surface area contributed by atoms with E-state index in [1.807, 2.05) is 11.8 Å². The van der Waals surface area contributed by atoms with Crippen molar-refractivity contribution >= 4 is 11.8 Å². The molecule has 2 unspecified atom stereocenters. The fraction of sp³-hybridized carbons (Fsp3) is 0.818. The van der Waals surface area contributed by atoms with Gasteiger partial charge in [0.25, 0.3) is 0 Å². The molecule has 1 fully saturated rings. The third-order valence-electron chi connectivity index (χ3n) is 2.97. The summed E-state index contributed by atoms with van der Waals surface area (Å²) in [5.74, 6) is 2.94. The van der Waals surface area contributed by atoms with Crippen LogP contribution in [0.3, 0.4) is 0 Å². The number of nitrogens with one attached hydrogen (secondary N) is 1. The van der Waals surface area contributed by atoms with Gasteiger partial charge < -0.3 is 9.84 Å². The van der Waals surface area contributed by atoms with Gasteiger partial charge in [-0.05, 0) is 19.4 Å². The first-order chi connectivity index (χ1) is 7.79. The van der Waals surface area contributed by atoms with Crippen molar-refractivity contribution in [3.8, 4) is 0 Å². The molecule has 0 bridgehead atoms. The number of rotatable bonds is 5. The number of hydrogen-bond donors (Lipinski definition) is 1. The number of aromatic nitrogens is 2. The van der Waals surface area contributed by atoms with Gasteiger partial charge in [-0.1, -0.05) is 19.0 Å². The van der Waals surface area contributed by atoms with Crippen LogP contribution in [0.15, 0.2) is 4.52 Å². The molecule has 0 radical (unpaired) electrons. The Morgan fingerprint density at radius 2 is 2.50 bits per heavy atom. The zero-order valence-corrected chi connectivity index (χ0v) is 10.7. The molecule has 0 amide bonds. The van der Waals surface area contributed by atoms with E-state index in [4.69, 9.17) is 4.52 Å². The van der Waals surface area contributed by atoms with E-state index in [0.29, 0.717) is 11.2 Å². The van der Waals surface area contributed by atoms with Crippen molar-refractivity contribution in [2.45, 2.75) is 43.6 Å². The second-order valence-corrected chi connectivity index (χ2v) is 5.70. The van der Waals surface area contributed by atoms with Gasteiger partial charge in [0.1, 0.15) is 0 Å². The van der Waals surface area contributed by atoms with Crippen LogP contribution in [0.25, 0.3) is 0 Å². The van der Waals surface area contributed by atoms with Gasteiger partial charge in [-0.2, -0.15) is 16.7 Å². The third kappa shape index (κ3) is 2.98. The Hall–Kier alpha value is -0.550. The van der Waals surface area contributed by atoms with Crippen molar-refractivity contribution in [3.05, 3.63) is 11.7 Å². The molecule has 2 atom stereocenters. The van der Waals surface area contributed by atoms with Gasteiger partial charge in [-0.3, -0.25) is 0 Å². The maximum absolute atomic E-state index is 5.30. The van der Waals surface area contributed by atoms with Gasteiger partial charge in [0.05, 0.1) is 11.7 Å². The fourth-order valence-electron chi connectivity index (χ4n) is 1.69. The summed E-state index contributed by atoms with van der Waals surface area (Å²) < 4.78 is 5.30. The molecule has 1 aliphatic heterocycles. The zero-order valence-electron chi connectivity index (χ0n) is 9.90. The highest BCUT2D eigenvalue weighted by Gasteiger charge is 2.22. The summed E-state index contributed by atoms with van der Waals surface area (Å²) >= 11 is 1.88. The minimum Gasteiger partial charge on any atom is -0.339 e. The Labute approximate surface area is 101 Å². The Balaban J connectivity index is 1.86. The minimum absolute atomic E-state index is 0.426. The monoisotopic (exact) mass is 241 g/mol. The molecule has 0 aliphatic carbocycles. The molecule has 1 aromatic rings. The minimum atomic E-state index is 0.426. The summed E-state index contributed by atoms with van der Waals surface area (Å²) in [6, 6.07) is 0. The second kappa shape index (κ2) is 5.68. The third-order valence-corrected chi connectivity index (χ3v) is 4.29. The Bertz CT molecular complexity index is 323. The van der Waals surface area contributed by atoms with E-state index in [1.54, 1.807) is 0 Å². The maximum Gasteiger partial charge on any atom is 0.231 e. The van der Waals surface area contributed by atoms with Gasteiger partial charge in [-0.25, -0.2) is 0 Å². The van der Waals surface area contributed by atoms with Gasteiger partial charge >= 0.3 is 0 Å². The molecule has 0 saturated carbocycles. The van der Waals surface area contributed by atoms with Crippen LogP contribution in [-0.2, 0) is 5.75 Å². The average Bonchev–Trinajstić information content (AvgIpc) is 2.95. The maximum atomic E-state index is 5.30. The molecule has 2 rings (SSSR count). The predicted octanol–water partition coefficient (Wildman–Crippen LogP) is 2.18. The van der Waals surface area contributed by atoms with E-state index in [9.17, 15) is 0 Å². The summed E-state index contributed by atoms with van der Waals surface area (Å²) in [4.78, 5) is 4.46. The van der Waals surface area contributed by atoms with Crippen LogP contribution < -0.4 is 5.32 Å². The highest BCUT2D eigenvalue weighted by molar-refractivity contribution is 7.99. The van der Waals surface area contributed by atoms with Crippen LogP contribution in [0.1, 0.15) is 44.3 Å². The summed E-state index contributed by atoms with van der Waals surface area (Å²) in [6.07, 6.45) is 2.29. The lowest BCUT2D eigenvalue weighted by atomic mass is 10.1. The van der Waals surface area contributed by atoms with E-state index in [1.165, 1.54) is 6.42 Å². The topological polar surface area (TPSA) is 51.0 Å². The van der Waals surface area contributed by atoms with Crippen molar-refractivity contribution in [1.29, 1.82) is 0 Å². The Morgan fingerprint density at radius 3 is 3.19 bits per heavy atom. The van der Waals surface area contributed by atoms with Crippen molar-refractivity contribution in [2.24, 2.45) is 0 Å². The van der Waals surface area contributed by atoms with Crippen LogP contribution in [0.4, 0.5) is 0 Å². The lowest BCUT2D eigenvalue weighted by Crippen LogP contribution is -2.08. The van der Waals surface area contributed by atoms with Gasteiger partial charge in [0, 0.05) is 11.8 Å². The molecule has 1 aliphatic rings. The van der Waals surface area contributed by atoms with Gasteiger partial charge in [0.15, 0.2) is 5.82 Å². The fourth-order valence-corrected chi connectivity index (χ4v) is 2.48. The Morgan fingerprint density at radius 1 is 1.62 bits per heavy atom. The lowest BCUT2D eigenvalue weighted by molar-refractivity contribution is 0.355. The molecule has 5 heteroatoms. The molecule has 1 N–H and O–H groups in total. The molecular weight excluding hydrogens is 222 g/mol. The van der Waals surface area contributed by atoms with Crippen molar-refractivity contribution in [1.82, 2.24) is 15.5 Å². The molecule has 4 nitrogen and oxygen atoms in total. The number of nitrogens with zero attached hydrogens (tertiary/aromatic N) is 2. The van der Waals surface area contributed by atoms with Gasteiger partial charge in [0.2, 0.25) is 5.89 Å². The van der Waals surface area contributed by atoms with E-state index < -0.39 is 0 Å². The molecule has 0 spiro atoms. The molecule has 0 aromatic carbocycles. The molecule has 90 valence electrons. The van der Waals surface area contributed by atoms with Gasteiger partial charge in [-0.15, -0.1) is 0 Å². The summed E-state index contributed by atoms with van der Waals surface area (Å²) in [7, 11) is 0. The van der Waals surface area contributed by atoms with Crippen molar-refractivity contribution in [2.75, 3.05) is 13.1 Å². The summed E-state index contributed by atoms with van der Waals surface area (Å²) in [6.45, 7) is 6.46. The highest BCUT2D eigenvalue weighted by atomic mass is 32.2. The quantitative estimate of drug-likeness (QED) is 0.856. The SMILES string of the molecule is CCC(C)SCc1noc(C2CCNC2)n1. The number of hydrogen-bond acceptors (Lipinski definition) is 5. The van der Waals surface area contributed by atoms with Crippen LogP contribution in [0.5, 0.6) is 0 Å². The standard InChI is InChI=1S/C11H19N3OS/c1-3-8(2)16-7-10-13-11(15-14-10)9-4-5-12-6-9/h8-9,12H,3-7H2,1-2H3.